The van der Waals surface area contributed by atoms with E-state index in [1.807, 2.05) is 32.0 Å². The van der Waals surface area contributed by atoms with Gasteiger partial charge in [0.05, 0.1) is 12.4 Å². The molecule has 0 aliphatic carbocycles. The Balaban J connectivity index is 2.27. The molecule has 1 amide bonds. The number of rotatable bonds is 2. The molecule has 1 aromatic carbocycles. The van der Waals surface area contributed by atoms with Crippen molar-refractivity contribution in [2.75, 3.05) is 11.1 Å². The van der Waals surface area contributed by atoms with Crippen LogP contribution in [0.1, 0.15) is 21.6 Å². The number of hydrogen-bond acceptors (Lipinski definition) is 4. The van der Waals surface area contributed by atoms with Crippen LogP contribution < -0.4 is 11.1 Å². The van der Waals surface area contributed by atoms with Gasteiger partial charge in [-0.15, -0.1) is 0 Å². The largest absolute Gasteiger partial charge is 0.382 e. The second kappa shape index (κ2) is 4.83. The normalized spacial score (nSPS) is 10.1. The Kier molecular flexibility index (Phi) is 3.23. The van der Waals surface area contributed by atoms with Crippen molar-refractivity contribution in [2.45, 2.75) is 13.8 Å². The first-order valence-electron chi connectivity index (χ1n) is 5.53. The maximum Gasteiger partial charge on any atom is 0.275 e. The number of amides is 1. The van der Waals surface area contributed by atoms with Crippen molar-refractivity contribution in [3.8, 4) is 0 Å². The van der Waals surface area contributed by atoms with Gasteiger partial charge in [-0.3, -0.25) is 9.78 Å². The number of carbonyl (C=O) groups is 1. The summed E-state index contributed by atoms with van der Waals surface area (Å²) in [6, 6.07) is 5.82. The number of carbonyl (C=O) groups excluding carboxylic acids is 1. The van der Waals surface area contributed by atoms with Crippen LogP contribution in [0.3, 0.4) is 0 Å². The van der Waals surface area contributed by atoms with Gasteiger partial charge in [-0.05, 0) is 25.0 Å². The molecule has 0 aliphatic rings. The summed E-state index contributed by atoms with van der Waals surface area (Å²) in [6.45, 7) is 3.88. The fourth-order valence-corrected chi connectivity index (χ4v) is 1.68. The highest BCUT2D eigenvalue weighted by atomic mass is 16.1. The third-order valence-corrected chi connectivity index (χ3v) is 2.61. The van der Waals surface area contributed by atoms with E-state index in [0.717, 1.165) is 16.8 Å². The molecule has 92 valence electrons. The zero-order valence-electron chi connectivity index (χ0n) is 10.3. The average Bonchev–Trinajstić information content (AvgIpc) is 2.34. The average molecular weight is 242 g/mol. The fraction of sp³-hybridized carbons (Fsp3) is 0.154. The molecule has 5 nitrogen and oxygen atoms in total. The second-order valence-corrected chi connectivity index (χ2v) is 4.05. The molecule has 1 heterocycles. The number of nitrogen functional groups attached to an aromatic ring is 1. The van der Waals surface area contributed by atoms with Crippen LogP contribution in [-0.2, 0) is 0 Å². The van der Waals surface area contributed by atoms with Crippen LogP contribution >= 0.6 is 0 Å². The van der Waals surface area contributed by atoms with E-state index < -0.39 is 0 Å². The monoisotopic (exact) mass is 242 g/mol. The molecule has 18 heavy (non-hydrogen) atoms. The van der Waals surface area contributed by atoms with Gasteiger partial charge in [0.1, 0.15) is 11.5 Å². The summed E-state index contributed by atoms with van der Waals surface area (Å²) in [5.74, 6) is -0.0867. The second-order valence-electron chi connectivity index (χ2n) is 4.05. The molecule has 0 saturated carbocycles. The molecule has 0 atom stereocenters. The minimum absolute atomic E-state index is 0.206. The zero-order valence-corrected chi connectivity index (χ0v) is 10.3. The molecule has 0 saturated heterocycles. The van der Waals surface area contributed by atoms with Crippen molar-refractivity contribution in [3.63, 3.8) is 0 Å². The molecule has 3 N–H and O–H groups in total. The summed E-state index contributed by atoms with van der Waals surface area (Å²) in [4.78, 5) is 19.8. The highest BCUT2D eigenvalue weighted by molar-refractivity contribution is 6.03. The lowest BCUT2D eigenvalue weighted by Crippen LogP contribution is -2.16. The standard InChI is InChI=1S/C13H14N4O/c1-8-4-3-5-9(2)12(8)17-13(18)10-6-15-7-11(14)16-10/h3-7H,1-2H3,(H2,14,16)(H,17,18). The Hall–Kier alpha value is -2.43. The van der Waals surface area contributed by atoms with Gasteiger partial charge in [0.2, 0.25) is 0 Å². The first-order valence-corrected chi connectivity index (χ1v) is 5.53. The molecule has 0 spiro atoms. The lowest BCUT2D eigenvalue weighted by Gasteiger charge is -2.10. The Morgan fingerprint density at radius 1 is 1.22 bits per heavy atom. The van der Waals surface area contributed by atoms with Gasteiger partial charge in [0.25, 0.3) is 5.91 Å². The molecule has 0 aliphatic heterocycles. The smallest absolute Gasteiger partial charge is 0.275 e. The Morgan fingerprint density at radius 3 is 2.50 bits per heavy atom. The summed E-state index contributed by atoms with van der Waals surface area (Å²) in [6.07, 6.45) is 2.79. The highest BCUT2D eigenvalue weighted by Crippen LogP contribution is 2.19. The highest BCUT2D eigenvalue weighted by Gasteiger charge is 2.11. The van der Waals surface area contributed by atoms with Crippen molar-refractivity contribution in [3.05, 3.63) is 47.4 Å². The van der Waals surface area contributed by atoms with Crippen molar-refractivity contribution in [1.82, 2.24) is 9.97 Å². The number of aryl methyl sites for hydroxylation is 2. The molecule has 1 aromatic heterocycles. The first-order chi connectivity index (χ1) is 8.58. The number of aromatic nitrogens is 2. The van der Waals surface area contributed by atoms with E-state index in [1.165, 1.54) is 12.4 Å². The zero-order chi connectivity index (χ0) is 13.1. The number of nitrogens with one attached hydrogen (secondary N) is 1. The minimum atomic E-state index is -0.313. The number of hydrogen-bond donors (Lipinski definition) is 2. The Labute approximate surface area is 105 Å². The van der Waals surface area contributed by atoms with Crippen molar-refractivity contribution in [1.29, 1.82) is 0 Å². The maximum absolute atomic E-state index is 12.0. The molecular formula is C13H14N4O. The first kappa shape index (κ1) is 12.0. The topological polar surface area (TPSA) is 80.9 Å². The van der Waals surface area contributed by atoms with Crippen LogP contribution in [0.5, 0.6) is 0 Å². The Morgan fingerprint density at radius 2 is 1.89 bits per heavy atom. The molecule has 0 fully saturated rings. The number of nitrogens with zero attached hydrogens (tertiary/aromatic N) is 2. The van der Waals surface area contributed by atoms with Crippen LogP contribution in [-0.4, -0.2) is 15.9 Å². The minimum Gasteiger partial charge on any atom is -0.382 e. The summed E-state index contributed by atoms with van der Waals surface area (Å²) >= 11 is 0. The summed E-state index contributed by atoms with van der Waals surface area (Å²) in [5, 5.41) is 2.82. The van der Waals surface area contributed by atoms with E-state index in [2.05, 4.69) is 15.3 Å². The van der Waals surface area contributed by atoms with E-state index >= 15 is 0 Å². The number of anilines is 2. The number of para-hydroxylation sites is 1. The summed E-state index contributed by atoms with van der Waals surface area (Å²) in [7, 11) is 0. The van der Waals surface area contributed by atoms with Crippen LogP contribution in [0.15, 0.2) is 30.6 Å². The predicted octanol–water partition coefficient (Wildman–Crippen LogP) is 1.93. The molecule has 0 radical (unpaired) electrons. The maximum atomic E-state index is 12.0. The van der Waals surface area contributed by atoms with Gasteiger partial charge in [0, 0.05) is 5.69 Å². The molecule has 0 unspecified atom stereocenters. The molecule has 2 aromatic rings. The van der Waals surface area contributed by atoms with Crippen molar-refractivity contribution >= 4 is 17.4 Å². The van der Waals surface area contributed by atoms with Gasteiger partial charge < -0.3 is 11.1 Å². The third kappa shape index (κ3) is 2.45. The molecule has 2 rings (SSSR count). The third-order valence-electron chi connectivity index (χ3n) is 2.61. The van der Waals surface area contributed by atoms with Crippen LogP contribution in [0.2, 0.25) is 0 Å². The van der Waals surface area contributed by atoms with E-state index in [0.29, 0.717) is 0 Å². The van der Waals surface area contributed by atoms with Crippen LogP contribution in [0, 0.1) is 13.8 Å². The number of nitrogens with two attached hydrogens (primary N) is 1. The van der Waals surface area contributed by atoms with E-state index in [1.54, 1.807) is 0 Å². The lowest BCUT2D eigenvalue weighted by molar-refractivity contribution is 0.102. The molecular weight excluding hydrogens is 228 g/mol. The fourth-order valence-electron chi connectivity index (χ4n) is 1.68. The summed E-state index contributed by atoms with van der Waals surface area (Å²) < 4.78 is 0. The van der Waals surface area contributed by atoms with Gasteiger partial charge in [0.15, 0.2) is 0 Å². The van der Waals surface area contributed by atoms with Crippen molar-refractivity contribution in [2.24, 2.45) is 0 Å². The quantitative estimate of drug-likeness (QED) is 0.843. The SMILES string of the molecule is Cc1cccc(C)c1NC(=O)c1cncc(N)n1. The van der Waals surface area contributed by atoms with E-state index in [4.69, 9.17) is 5.73 Å². The van der Waals surface area contributed by atoms with E-state index in [-0.39, 0.29) is 17.4 Å². The Bertz CT molecular complexity index is 575. The van der Waals surface area contributed by atoms with Gasteiger partial charge in [-0.2, -0.15) is 0 Å². The van der Waals surface area contributed by atoms with Crippen LogP contribution in [0.4, 0.5) is 11.5 Å². The number of benzene rings is 1. The summed E-state index contributed by atoms with van der Waals surface area (Å²) in [5.41, 5.74) is 8.50. The molecule has 5 heteroatoms. The predicted molar refractivity (Wildman–Crippen MR) is 70.3 cm³/mol. The van der Waals surface area contributed by atoms with E-state index in [9.17, 15) is 4.79 Å². The molecule has 0 bridgehead atoms. The van der Waals surface area contributed by atoms with Crippen LogP contribution in [0.25, 0.3) is 0 Å². The van der Waals surface area contributed by atoms with Gasteiger partial charge in [-0.1, -0.05) is 18.2 Å². The van der Waals surface area contributed by atoms with Crippen molar-refractivity contribution < 1.29 is 4.79 Å². The lowest BCUT2D eigenvalue weighted by atomic mass is 10.1. The van der Waals surface area contributed by atoms with Gasteiger partial charge in [-0.25, -0.2) is 4.98 Å². The van der Waals surface area contributed by atoms with Gasteiger partial charge >= 0.3 is 0 Å².